The SMILES string of the molecule is C/[N+]([I-])=C1/N[C@@H](CN2C(=O)CCC2=O)C2[NH+]=C(N)NC23[C@H](O)[C@@H](NC(=O)c2cccc(S(C)(=O)=O)c2)CN13. The molecule has 3 saturated heterocycles. The van der Waals surface area contributed by atoms with Gasteiger partial charge in [-0.25, -0.2) is 18.6 Å². The number of hydrogen-bond donors (Lipinski definition) is 6. The lowest BCUT2D eigenvalue weighted by Crippen LogP contribution is -3.39. The van der Waals surface area contributed by atoms with Crippen LogP contribution in [0, 0.1) is 0 Å². The summed E-state index contributed by atoms with van der Waals surface area (Å²) in [6.07, 6.45) is 0.191. The van der Waals surface area contributed by atoms with Crippen molar-refractivity contribution in [3.8, 4) is 0 Å². The fourth-order valence-corrected chi connectivity index (χ4v) is 6.75. The Morgan fingerprint density at radius 1 is 1.34 bits per heavy atom. The van der Waals surface area contributed by atoms with Crippen LogP contribution in [-0.2, 0) is 19.4 Å². The van der Waals surface area contributed by atoms with Crippen molar-refractivity contribution in [2.24, 2.45) is 5.73 Å². The summed E-state index contributed by atoms with van der Waals surface area (Å²) in [5.41, 5.74) is 5.09. The van der Waals surface area contributed by atoms with Crippen molar-refractivity contribution >= 4 is 39.5 Å². The highest BCUT2D eigenvalue weighted by molar-refractivity contribution is 7.90. The van der Waals surface area contributed by atoms with Crippen molar-refractivity contribution in [1.82, 2.24) is 25.8 Å². The Labute approximate surface area is 232 Å². The van der Waals surface area contributed by atoms with E-state index in [1.165, 1.54) is 29.2 Å². The average molecular weight is 660 g/mol. The van der Waals surface area contributed by atoms with Crippen LogP contribution in [0.4, 0.5) is 0 Å². The maximum absolute atomic E-state index is 13.1. The third-order valence-corrected chi connectivity index (χ3v) is 8.98. The first-order valence-electron chi connectivity index (χ1n) is 11.9. The van der Waals surface area contributed by atoms with Crippen molar-refractivity contribution in [2.45, 2.75) is 47.6 Å². The molecule has 1 spiro atoms. The number of nitrogens with zero attached hydrogens (tertiary/aromatic N) is 3. The lowest BCUT2D eigenvalue weighted by molar-refractivity contribution is -1.05. The summed E-state index contributed by atoms with van der Waals surface area (Å²) in [4.78, 5) is 44.1. The van der Waals surface area contributed by atoms with Crippen LogP contribution < -0.4 is 49.5 Å². The van der Waals surface area contributed by atoms with E-state index in [9.17, 15) is 27.9 Å². The molecule has 1 radical (unpaired) electrons. The molecule has 205 valence electrons. The summed E-state index contributed by atoms with van der Waals surface area (Å²) in [6.45, 7) is 0.247. The monoisotopic (exact) mass is 660 g/mol. The number of imide groups is 1. The number of likely N-dealkylation sites (tertiary alicyclic amines) is 1. The maximum Gasteiger partial charge on any atom is 0.344 e. The Kier molecular flexibility index (Phi) is 6.54. The fraction of sp³-hybridized carbons (Fsp3) is 0.500. The lowest BCUT2D eigenvalue weighted by atomic mass is 9.87. The Bertz CT molecular complexity index is 1380. The molecule has 1 aromatic rings. The van der Waals surface area contributed by atoms with E-state index in [0.717, 1.165) is 6.26 Å². The van der Waals surface area contributed by atoms with Crippen LogP contribution in [0.5, 0.6) is 0 Å². The fourth-order valence-electron chi connectivity index (χ4n) is 5.68. The number of hydrogen-bond acceptors (Lipinski definition) is 8. The molecule has 5 atom stereocenters. The first-order valence-corrected chi connectivity index (χ1v) is 14.8. The predicted molar refractivity (Wildman–Crippen MR) is 127 cm³/mol. The Morgan fingerprint density at radius 3 is 2.66 bits per heavy atom. The van der Waals surface area contributed by atoms with E-state index in [0.29, 0.717) is 5.96 Å². The number of nitrogens with two attached hydrogens (primary N) is 1. The van der Waals surface area contributed by atoms with Crippen LogP contribution in [-0.4, -0.2) is 112 Å². The number of sulfone groups is 1. The molecule has 3 fully saturated rings. The van der Waals surface area contributed by atoms with Gasteiger partial charge in [0, 0.05) is 31.7 Å². The first-order chi connectivity index (χ1) is 17.8. The minimum Gasteiger partial charge on any atom is -0.560 e. The van der Waals surface area contributed by atoms with E-state index < -0.39 is 45.6 Å². The topological polar surface area (TPSA) is 191 Å². The number of aliphatic hydroxyl groups excluding tert-OH is 1. The zero-order chi connectivity index (χ0) is 27.6. The maximum atomic E-state index is 13.1. The molecule has 7 N–H and O–H groups in total. The number of aliphatic hydroxyl groups is 1. The third-order valence-electron chi connectivity index (χ3n) is 7.42. The van der Waals surface area contributed by atoms with E-state index in [1.807, 2.05) is 4.90 Å². The second kappa shape index (κ2) is 9.33. The molecule has 38 heavy (non-hydrogen) atoms. The van der Waals surface area contributed by atoms with Crippen LogP contribution in [0.15, 0.2) is 29.2 Å². The summed E-state index contributed by atoms with van der Waals surface area (Å²) in [7, 11) is -1.72. The van der Waals surface area contributed by atoms with E-state index in [4.69, 9.17) is 5.73 Å². The molecule has 16 heteroatoms. The van der Waals surface area contributed by atoms with Crippen molar-refractivity contribution in [3.63, 3.8) is 0 Å². The molecule has 0 bridgehead atoms. The van der Waals surface area contributed by atoms with Gasteiger partial charge in [-0.05, 0) is 18.2 Å². The van der Waals surface area contributed by atoms with Crippen molar-refractivity contribution in [1.29, 1.82) is 0 Å². The minimum atomic E-state index is -3.52. The van der Waals surface area contributed by atoms with Crippen LogP contribution in [0.25, 0.3) is 0 Å². The largest absolute Gasteiger partial charge is 0.560 e. The highest BCUT2D eigenvalue weighted by atomic mass is 127. The number of nitrogens with one attached hydrogen (secondary N) is 4. The van der Waals surface area contributed by atoms with Gasteiger partial charge in [0.05, 0.1) is 24.0 Å². The molecule has 0 saturated carbocycles. The van der Waals surface area contributed by atoms with Gasteiger partial charge in [-0.2, -0.15) is 0 Å². The summed E-state index contributed by atoms with van der Waals surface area (Å²) < 4.78 is 25.7. The number of carbonyl (C=O) groups excluding carboxylic acids is 3. The third kappa shape index (κ3) is 4.27. The van der Waals surface area contributed by atoms with Gasteiger partial charge in [0.1, 0.15) is 6.04 Å². The van der Waals surface area contributed by atoms with Crippen LogP contribution in [0.2, 0.25) is 0 Å². The number of amides is 3. The van der Waals surface area contributed by atoms with Gasteiger partial charge in [0.2, 0.25) is 11.8 Å². The Balaban J connectivity index is 1.46. The molecule has 4 heterocycles. The standard InChI is InChI=1S/C22H28IN8O6S/c1-29(23)21-26-13(9-30-15(32)6-7-16(30)33)17-22(28-20(24)27-17)18(34)14(10-31(21)22)25-19(35)11-4-3-5-12(8-11)38(2,36)37/h3-5,8,13-14,17-18,26,34H,6-7,9-10H2,1-2H3,(H,25,35)(H3,24,27,28)/p+1/b29-21+/t13-,14-,17?,18+,22?/m0/s1. The number of halogens is 1. The van der Waals surface area contributed by atoms with Gasteiger partial charge >= 0.3 is 11.9 Å². The van der Waals surface area contributed by atoms with Crippen LogP contribution >= 0.6 is 0 Å². The quantitative estimate of drug-likeness (QED) is 0.101. The van der Waals surface area contributed by atoms with E-state index in [2.05, 4.69) is 43.8 Å². The minimum absolute atomic E-state index is 0.0115. The summed E-state index contributed by atoms with van der Waals surface area (Å²) in [6, 6.07) is 3.79. The van der Waals surface area contributed by atoms with E-state index >= 15 is 0 Å². The predicted octanol–water partition coefficient (Wildman–Crippen LogP) is -8.48. The summed E-state index contributed by atoms with van der Waals surface area (Å²) in [5, 5.41) is 21.1. The van der Waals surface area contributed by atoms with Crippen molar-refractivity contribution in [2.75, 3.05) is 26.4 Å². The molecule has 4 aliphatic rings. The smallest absolute Gasteiger partial charge is 0.344 e. The summed E-state index contributed by atoms with van der Waals surface area (Å²) in [5.74, 6) is -0.264. The average Bonchev–Trinajstić information content (AvgIpc) is 3.46. The van der Waals surface area contributed by atoms with Gasteiger partial charge < -0.3 is 36.1 Å². The van der Waals surface area contributed by atoms with Gasteiger partial charge in [-0.15, -0.1) is 0 Å². The second-order valence-electron chi connectivity index (χ2n) is 9.87. The second-order valence-corrected chi connectivity index (χ2v) is 13.3. The van der Waals surface area contributed by atoms with Gasteiger partial charge in [0.15, 0.2) is 22.0 Å². The first kappa shape index (κ1) is 26.6. The van der Waals surface area contributed by atoms with Crippen LogP contribution in [0.3, 0.4) is 0 Å². The number of benzene rings is 1. The van der Waals surface area contributed by atoms with Gasteiger partial charge in [-0.1, -0.05) is 6.07 Å². The lowest BCUT2D eigenvalue weighted by Gasteiger charge is -2.43. The summed E-state index contributed by atoms with van der Waals surface area (Å²) >= 11 is 2.07. The zero-order valence-corrected chi connectivity index (χ0v) is 23.6. The highest BCUT2D eigenvalue weighted by Gasteiger charge is 2.73. The number of rotatable bonds is 5. The van der Waals surface area contributed by atoms with Gasteiger partial charge in [-0.3, -0.25) is 35.3 Å². The molecular formula is C22H29IN8O6S+. The van der Waals surface area contributed by atoms with E-state index in [1.54, 1.807) is 9.84 Å². The molecule has 0 aromatic heterocycles. The molecule has 14 nitrogen and oxygen atoms in total. The van der Waals surface area contributed by atoms with Crippen molar-refractivity contribution in [3.05, 3.63) is 29.8 Å². The normalized spacial score (nSPS) is 31.8. The number of guanidine groups is 2. The Morgan fingerprint density at radius 2 is 2.03 bits per heavy atom. The number of carbonyl (C=O) groups is 3. The van der Waals surface area contributed by atoms with Crippen LogP contribution in [0.1, 0.15) is 23.2 Å². The zero-order valence-electron chi connectivity index (χ0n) is 20.6. The molecule has 1 aromatic carbocycles. The Hall–Kier alpha value is -2.99. The molecule has 3 amide bonds. The molecular weight excluding hydrogens is 631 g/mol. The molecule has 5 rings (SSSR count). The molecule has 0 aliphatic carbocycles. The van der Waals surface area contributed by atoms with E-state index in [-0.39, 0.29) is 54.2 Å². The van der Waals surface area contributed by atoms with Crippen molar-refractivity contribution < 1.29 is 58.6 Å². The molecule has 2 unspecified atom stereocenters. The molecule has 4 aliphatic heterocycles. The van der Waals surface area contributed by atoms with Gasteiger partial charge in [0.25, 0.3) is 11.6 Å². The highest BCUT2D eigenvalue weighted by Crippen LogP contribution is 2.35.